The van der Waals surface area contributed by atoms with Crippen molar-refractivity contribution in [2.75, 3.05) is 20.5 Å². The number of esters is 2. The Morgan fingerprint density at radius 3 is 2.44 bits per heavy atom. The molecule has 2 atom stereocenters. The first-order valence-corrected chi connectivity index (χ1v) is 9.80. The number of hydrogen-bond acceptors (Lipinski definition) is 9. The van der Waals surface area contributed by atoms with E-state index in [1.807, 2.05) is 18.2 Å². The van der Waals surface area contributed by atoms with Crippen molar-refractivity contribution in [3.63, 3.8) is 0 Å². The van der Waals surface area contributed by atoms with Gasteiger partial charge in [0, 0.05) is 19.2 Å². The van der Waals surface area contributed by atoms with Crippen molar-refractivity contribution in [1.29, 1.82) is 0 Å². The van der Waals surface area contributed by atoms with E-state index in [1.165, 1.54) is 33.2 Å². The normalized spacial score (nSPS) is 12.1. The number of carbonyl (C=O) groups excluding carboxylic acids is 3. The van der Waals surface area contributed by atoms with Crippen LogP contribution >= 0.6 is 0 Å². The van der Waals surface area contributed by atoms with Gasteiger partial charge in [-0.3, -0.25) is 9.59 Å². The van der Waals surface area contributed by atoms with Crippen molar-refractivity contribution < 1.29 is 38.1 Å². The van der Waals surface area contributed by atoms with E-state index >= 15 is 0 Å². The highest BCUT2D eigenvalue weighted by atomic mass is 16.7. The first kappa shape index (κ1) is 24.4. The van der Waals surface area contributed by atoms with E-state index in [-0.39, 0.29) is 23.8 Å². The molecule has 172 valence electrons. The van der Waals surface area contributed by atoms with Crippen molar-refractivity contribution in [2.45, 2.75) is 32.9 Å². The highest BCUT2D eigenvalue weighted by Gasteiger charge is 2.25. The summed E-state index contributed by atoms with van der Waals surface area (Å²) in [6.45, 7) is 4.09. The average Bonchev–Trinajstić information content (AvgIpc) is 2.78. The third-order valence-electron chi connectivity index (χ3n) is 4.02. The third-order valence-corrected chi connectivity index (χ3v) is 4.02. The number of nitrogens with zero attached hydrogens (tertiary/aromatic N) is 1. The summed E-state index contributed by atoms with van der Waals surface area (Å²) in [5.74, 6) is -1.06. The lowest BCUT2D eigenvalue weighted by Crippen LogP contribution is -2.41. The largest absolute Gasteiger partial charge is 0.493 e. The van der Waals surface area contributed by atoms with Gasteiger partial charge in [0.05, 0.1) is 7.11 Å². The monoisotopic (exact) mass is 446 g/mol. The van der Waals surface area contributed by atoms with E-state index in [0.717, 1.165) is 0 Å². The number of nitrogens with one attached hydrogen (secondary N) is 1. The van der Waals surface area contributed by atoms with Gasteiger partial charge in [-0.1, -0.05) is 18.2 Å². The fraction of sp³-hybridized carbons (Fsp3) is 0.364. The van der Waals surface area contributed by atoms with Gasteiger partial charge in [-0.15, -0.1) is 0 Å². The van der Waals surface area contributed by atoms with Crippen LogP contribution in [-0.2, 0) is 19.1 Å². The number of amides is 1. The molecule has 2 aromatic rings. The molecule has 0 saturated heterocycles. The Balaban J connectivity index is 1.95. The van der Waals surface area contributed by atoms with Gasteiger partial charge in [-0.2, -0.15) is 0 Å². The van der Waals surface area contributed by atoms with Gasteiger partial charge in [-0.05, 0) is 26.0 Å². The van der Waals surface area contributed by atoms with Gasteiger partial charge in [-0.25, -0.2) is 9.78 Å². The van der Waals surface area contributed by atoms with Crippen molar-refractivity contribution in [2.24, 2.45) is 0 Å². The highest BCUT2D eigenvalue weighted by molar-refractivity contribution is 5.98. The maximum absolute atomic E-state index is 12.7. The summed E-state index contributed by atoms with van der Waals surface area (Å²) in [5, 5.41) is 2.51. The summed E-state index contributed by atoms with van der Waals surface area (Å²) in [6.07, 6.45) is 0.804. The molecule has 2 rings (SSSR count). The molecule has 0 unspecified atom stereocenters. The van der Waals surface area contributed by atoms with E-state index in [2.05, 4.69) is 10.3 Å². The number of aromatic nitrogens is 1. The zero-order valence-corrected chi connectivity index (χ0v) is 18.3. The molecular formula is C22H26N2O8. The Morgan fingerprint density at radius 2 is 1.78 bits per heavy atom. The molecular weight excluding hydrogens is 420 g/mol. The van der Waals surface area contributed by atoms with Crippen LogP contribution in [0.2, 0.25) is 0 Å². The molecule has 1 heterocycles. The smallest absolute Gasteiger partial charge is 0.328 e. The van der Waals surface area contributed by atoms with Crippen LogP contribution in [0, 0.1) is 0 Å². The van der Waals surface area contributed by atoms with Crippen LogP contribution in [0.25, 0.3) is 0 Å². The third kappa shape index (κ3) is 7.46. The first-order chi connectivity index (χ1) is 15.3. The van der Waals surface area contributed by atoms with E-state index in [1.54, 1.807) is 19.1 Å². The Morgan fingerprint density at radius 1 is 1.06 bits per heavy atom. The number of methoxy groups -OCH3 is 1. The summed E-state index contributed by atoms with van der Waals surface area (Å²) in [7, 11) is 1.38. The van der Waals surface area contributed by atoms with E-state index < -0.39 is 36.8 Å². The number of ether oxygens (including phenoxy) is 5. The number of pyridine rings is 1. The van der Waals surface area contributed by atoms with Gasteiger partial charge in [0.1, 0.15) is 24.5 Å². The van der Waals surface area contributed by atoms with Crippen LogP contribution in [0.4, 0.5) is 0 Å². The molecule has 0 bridgehead atoms. The maximum Gasteiger partial charge on any atom is 0.328 e. The number of rotatable bonds is 11. The SMILES string of the molecule is COc1ccnc(C(=O)N[C@@H](C)C(=O)O[C@@H](C)COc2ccccc2)c1OCOC(C)=O. The van der Waals surface area contributed by atoms with E-state index in [9.17, 15) is 14.4 Å². The molecule has 0 saturated carbocycles. The minimum absolute atomic E-state index is 0.0288. The molecule has 1 aromatic heterocycles. The van der Waals surface area contributed by atoms with Gasteiger partial charge in [0.2, 0.25) is 6.79 Å². The van der Waals surface area contributed by atoms with E-state index in [0.29, 0.717) is 5.75 Å². The van der Waals surface area contributed by atoms with Crippen LogP contribution < -0.4 is 19.5 Å². The van der Waals surface area contributed by atoms with Crippen LogP contribution in [-0.4, -0.2) is 55.5 Å². The molecule has 0 aliphatic heterocycles. The fourth-order valence-corrected chi connectivity index (χ4v) is 2.45. The molecule has 1 amide bonds. The number of benzene rings is 1. The second kappa shape index (κ2) is 12.1. The topological polar surface area (TPSA) is 122 Å². The molecule has 0 radical (unpaired) electrons. The Bertz CT molecular complexity index is 919. The predicted molar refractivity (Wildman–Crippen MR) is 112 cm³/mol. The van der Waals surface area contributed by atoms with Crippen molar-refractivity contribution in [3.05, 3.63) is 48.3 Å². The van der Waals surface area contributed by atoms with Crippen molar-refractivity contribution in [1.82, 2.24) is 10.3 Å². The summed E-state index contributed by atoms with van der Waals surface area (Å²) < 4.78 is 26.1. The molecule has 0 fully saturated rings. The fourth-order valence-electron chi connectivity index (χ4n) is 2.45. The quantitative estimate of drug-likeness (QED) is 0.408. The Labute approximate surface area is 185 Å². The lowest BCUT2D eigenvalue weighted by atomic mass is 10.2. The van der Waals surface area contributed by atoms with Crippen LogP contribution in [0.5, 0.6) is 17.2 Å². The van der Waals surface area contributed by atoms with E-state index in [4.69, 9.17) is 23.7 Å². The summed E-state index contributed by atoms with van der Waals surface area (Å²) in [6, 6.07) is 9.62. The molecule has 10 heteroatoms. The number of para-hydroxylation sites is 1. The standard InChI is InChI=1S/C22H26N2O8/c1-14(12-29-17-8-6-5-7-9-17)32-22(27)15(2)24-21(26)19-20(31-13-30-16(3)25)18(28-4)10-11-23-19/h5-11,14-15H,12-13H2,1-4H3,(H,24,26)/t14-,15-/m0/s1. The van der Waals surface area contributed by atoms with Crippen LogP contribution in [0.3, 0.4) is 0 Å². The molecule has 0 spiro atoms. The van der Waals surface area contributed by atoms with Gasteiger partial charge in [0.25, 0.3) is 5.91 Å². The molecule has 32 heavy (non-hydrogen) atoms. The van der Waals surface area contributed by atoms with Crippen LogP contribution in [0.15, 0.2) is 42.6 Å². The zero-order valence-electron chi connectivity index (χ0n) is 18.3. The van der Waals surface area contributed by atoms with Gasteiger partial charge in [0.15, 0.2) is 17.2 Å². The Kier molecular flexibility index (Phi) is 9.27. The molecule has 10 nitrogen and oxygen atoms in total. The molecule has 1 aromatic carbocycles. The predicted octanol–water partition coefficient (Wildman–Crippen LogP) is 2.12. The minimum atomic E-state index is -0.976. The van der Waals surface area contributed by atoms with Gasteiger partial charge >= 0.3 is 11.9 Å². The Hall–Kier alpha value is -3.82. The molecule has 1 N–H and O–H groups in total. The lowest BCUT2D eigenvalue weighted by molar-refractivity contribution is -0.151. The number of carbonyl (C=O) groups is 3. The minimum Gasteiger partial charge on any atom is -0.493 e. The summed E-state index contributed by atoms with van der Waals surface area (Å²) in [5.41, 5.74) is -0.142. The zero-order chi connectivity index (χ0) is 23.5. The lowest BCUT2D eigenvalue weighted by Gasteiger charge is -2.19. The second-order valence-electron chi connectivity index (χ2n) is 6.66. The highest BCUT2D eigenvalue weighted by Crippen LogP contribution is 2.29. The summed E-state index contributed by atoms with van der Waals surface area (Å²) >= 11 is 0. The maximum atomic E-state index is 12.7. The average molecular weight is 446 g/mol. The molecule has 0 aliphatic carbocycles. The van der Waals surface area contributed by atoms with Crippen LogP contribution in [0.1, 0.15) is 31.3 Å². The van der Waals surface area contributed by atoms with Gasteiger partial charge < -0.3 is 29.0 Å². The second-order valence-corrected chi connectivity index (χ2v) is 6.66. The summed E-state index contributed by atoms with van der Waals surface area (Å²) in [4.78, 5) is 40.0. The van der Waals surface area contributed by atoms with Crippen molar-refractivity contribution in [3.8, 4) is 17.2 Å². The first-order valence-electron chi connectivity index (χ1n) is 9.80. The number of hydrogen-bond donors (Lipinski definition) is 1. The van der Waals surface area contributed by atoms with Crippen molar-refractivity contribution >= 4 is 17.8 Å². The molecule has 0 aliphatic rings.